The molecule has 0 spiro atoms. The van der Waals surface area contributed by atoms with Crippen molar-refractivity contribution in [1.82, 2.24) is 0 Å². The van der Waals surface area contributed by atoms with Crippen molar-refractivity contribution in [3.05, 3.63) is 48.6 Å². The quantitative estimate of drug-likeness (QED) is 0.299. The van der Waals surface area contributed by atoms with Crippen molar-refractivity contribution < 1.29 is 19.1 Å². The Balaban J connectivity index is 0. The van der Waals surface area contributed by atoms with E-state index in [9.17, 15) is 9.59 Å². The van der Waals surface area contributed by atoms with E-state index in [1.165, 1.54) is 0 Å². The lowest BCUT2D eigenvalue weighted by molar-refractivity contribution is -0.128. The van der Waals surface area contributed by atoms with Crippen LogP contribution in [-0.4, -0.2) is 25.7 Å². The Hall–Kier alpha value is -2.10. The topological polar surface area (TPSA) is 52.6 Å². The molecule has 0 bridgehead atoms. The third-order valence-electron chi connectivity index (χ3n) is 2.42. The minimum atomic E-state index is -0.228. The molecular weight excluding hydrogens is 292 g/mol. The minimum absolute atomic E-state index is 0.228. The highest BCUT2D eigenvalue weighted by molar-refractivity contribution is 5.89. The first-order chi connectivity index (χ1) is 11.2. The van der Waals surface area contributed by atoms with Gasteiger partial charge in [-0.1, -0.05) is 51.0 Å². The van der Waals surface area contributed by atoms with Crippen LogP contribution in [0, 0.1) is 0 Å². The van der Waals surface area contributed by atoms with Gasteiger partial charge in [0.2, 0.25) is 0 Å². The van der Waals surface area contributed by atoms with E-state index >= 15 is 0 Å². The fourth-order valence-electron chi connectivity index (χ4n) is 1.24. The maximum atomic E-state index is 11.3. The summed E-state index contributed by atoms with van der Waals surface area (Å²) in [7, 11) is 0. The van der Waals surface area contributed by atoms with Crippen LogP contribution in [0.4, 0.5) is 0 Å². The monoisotopic (exact) mass is 322 g/mol. The van der Waals surface area contributed by atoms with Gasteiger partial charge in [-0.3, -0.25) is 4.79 Å². The van der Waals surface area contributed by atoms with E-state index in [1.807, 2.05) is 32.0 Å². The summed E-state index contributed by atoms with van der Waals surface area (Å²) < 4.78 is 9.42. The lowest BCUT2D eigenvalue weighted by Crippen LogP contribution is -2.05. The van der Waals surface area contributed by atoms with Gasteiger partial charge in [0.05, 0.1) is 18.8 Å². The van der Waals surface area contributed by atoms with Crippen molar-refractivity contribution in [2.75, 3.05) is 13.2 Å². The van der Waals surface area contributed by atoms with Gasteiger partial charge < -0.3 is 9.47 Å². The Labute approximate surface area is 140 Å². The van der Waals surface area contributed by atoms with Crippen molar-refractivity contribution >= 4 is 12.4 Å². The van der Waals surface area contributed by atoms with E-state index in [2.05, 4.69) is 18.2 Å². The molecular formula is C19H30O4. The molecule has 0 amide bonds. The minimum Gasteiger partial charge on any atom is -0.468 e. The van der Waals surface area contributed by atoms with Crippen molar-refractivity contribution in [2.45, 2.75) is 46.5 Å². The average molecular weight is 322 g/mol. The molecule has 0 aromatic heterocycles. The van der Waals surface area contributed by atoms with E-state index in [-0.39, 0.29) is 5.97 Å². The number of unbranched alkanes of at least 4 members (excludes halogenated alkanes) is 2. The highest BCUT2D eigenvalue weighted by atomic mass is 16.5. The van der Waals surface area contributed by atoms with E-state index in [1.54, 1.807) is 18.2 Å². The van der Waals surface area contributed by atoms with Crippen LogP contribution in [0.3, 0.4) is 0 Å². The molecule has 0 aliphatic carbocycles. The Bertz CT molecular complexity index is 388. The van der Waals surface area contributed by atoms with Crippen molar-refractivity contribution in [3.63, 3.8) is 0 Å². The molecule has 0 aliphatic heterocycles. The van der Waals surface area contributed by atoms with Crippen LogP contribution in [0.25, 0.3) is 0 Å². The summed E-state index contributed by atoms with van der Waals surface area (Å²) >= 11 is 0. The number of hydrogen-bond donors (Lipinski definition) is 0. The number of carbonyl (C=O) groups is 2. The van der Waals surface area contributed by atoms with Crippen LogP contribution in [-0.2, 0) is 14.3 Å². The largest absolute Gasteiger partial charge is 0.468 e. The Morgan fingerprint density at radius 3 is 2.09 bits per heavy atom. The van der Waals surface area contributed by atoms with Gasteiger partial charge in [-0.2, -0.15) is 0 Å². The van der Waals surface area contributed by atoms with E-state index < -0.39 is 0 Å². The molecule has 1 aromatic rings. The average Bonchev–Trinajstić information content (AvgIpc) is 2.58. The third kappa shape index (κ3) is 17.8. The van der Waals surface area contributed by atoms with Crippen LogP contribution in [0.2, 0.25) is 0 Å². The second kappa shape index (κ2) is 19.9. The molecule has 0 atom stereocenters. The van der Waals surface area contributed by atoms with Gasteiger partial charge >= 0.3 is 5.97 Å². The lowest BCUT2D eigenvalue weighted by atomic mass is 10.2. The summed E-state index contributed by atoms with van der Waals surface area (Å²) in [6.07, 6.45) is 5.77. The van der Waals surface area contributed by atoms with Gasteiger partial charge in [-0.05, 0) is 31.9 Å². The van der Waals surface area contributed by atoms with Gasteiger partial charge in [0.25, 0.3) is 6.47 Å². The number of benzene rings is 1. The van der Waals surface area contributed by atoms with Gasteiger partial charge in [0.15, 0.2) is 0 Å². The summed E-state index contributed by atoms with van der Waals surface area (Å²) in [6.45, 7) is 10.9. The molecule has 130 valence electrons. The molecule has 4 heteroatoms. The Morgan fingerprint density at radius 1 is 1.09 bits per heavy atom. The van der Waals surface area contributed by atoms with Gasteiger partial charge in [0, 0.05) is 0 Å². The third-order valence-corrected chi connectivity index (χ3v) is 2.42. The number of esters is 1. The van der Waals surface area contributed by atoms with E-state index in [0.717, 1.165) is 25.7 Å². The number of rotatable bonds is 8. The molecule has 0 radical (unpaired) electrons. The van der Waals surface area contributed by atoms with E-state index in [0.29, 0.717) is 25.2 Å². The molecule has 0 saturated heterocycles. The molecule has 0 aliphatic rings. The second-order valence-electron chi connectivity index (χ2n) is 4.58. The zero-order valence-corrected chi connectivity index (χ0v) is 14.6. The number of carbonyl (C=O) groups excluding carboxylic acids is 2. The first-order valence-corrected chi connectivity index (χ1v) is 8.02. The van der Waals surface area contributed by atoms with E-state index in [4.69, 9.17) is 4.74 Å². The van der Waals surface area contributed by atoms with Crippen molar-refractivity contribution in [1.29, 1.82) is 0 Å². The molecule has 1 rings (SSSR count). The lowest BCUT2D eigenvalue weighted by Gasteiger charge is -2.02. The number of ether oxygens (including phenoxy) is 2. The molecule has 1 aromatic carbocycles. The fourth-order valence-corrected chi connectivity index (χ4v) is 1.24. The fraction of sp³-hybridized carbons (Fsp3) is 0.474. The van der Waals surface area contributed by atoms with Gasteiger partial charge in [-0.15, -0.1) is 6.58 Å². The molecule has 4 nitrogen and oxygen atoms in total. The standard InChI is InChI=1S/C11H14O2.C5H10O2.C3H6/c1-2-3-9-13-11(12)10-7-5-4-6-8-10;1-2-3-4-7-5-6;1-3-2/h4-8H,2-3,9H2,1H3;5H,2-4H2,1H3;3H,1H2,2H3. The highest BCUT2D eigenvalue weighted by Crippen LogP contribution is 2.01. The highest BCUT2D eigenvalue weighted by Gasteiger charge is 2.03. The predicted octanol–water partition coefficient (Wildman–Crippen LogP) is 4.80. The normalized spacial score (nSPS) is 8.48. The zero-order valence-electron chi connectivity index (χ0n) is 14.6. The van der Waals surface area contributed by atoms with Gasteiger partial charge in [-0.25, -0.2) is 4.79 Å². The zero-order chi connectivity index (χ0) is 17.8. The molecule has 0 fully saturated rings. The van der Waals surface area contributed by atoms with Crippen LogP contribution in [0.15, 0.2) is 43.0 Å². The van der Waals surface area contributed by atoms with Crippen LogP contribution in [0.5, 0.6) is 0 Å². The summed E-state index contributed by atoms with van der Waals surface area (Å²) in [5.74, 6) is -0.228. The molecule has 0 heterocycles. The first kappa shape index (κ1) is 23.2. The maximum Gasteiger partial charge on any atom is 0.338 e. The number of hydrogen-bond acceptors (Lipinski definition) is 4. The molecule has 0 unspecified atom stereocenters. The van der Waals surface area contributed by atoms with Crippen molar-refractivity contribution in [2.24, 2.45) is 0 Å². The first-order valence-electron chi connectivity index (χ1n) is 8.02. The second-order valence-corrected chi connectivity index (χ2v) is 4.58. The summed E-state index contributed by atoms with van der Waals surface area (Å²) in [4.78, 5) is 20.8. The summed E-state index contributed by atoms with van der Waals surface area (Å²) in [5, 5.41) is 0. The van der Waals surface area contributed by atoms with Crippen LogP contribution >= 0.6 is 0 Å². The maximum absolute atomic E-state index is 11.3. The smallest absolute Gasteiger partial charge is 0.338 e. The Kier molecular flexibility index (Phi) is 20.0. The van der Waals surface area contributed by atoms with Gasteiger partial charge in [0.1, 0.15) is 0 Å². The summed E-state index contributed by atoms with van der Waals surface area (Å²) in [5.41, 5.74) is 0.624. The SMILES string of the molecule is C=CC.CCCCOC(=O)c1ccccc1.CCCCOC=O. The molecule has 0 N–H and O–H groups in total. The molecule has 23 heavy (non-hydrogen) atoms. The Morgan fingerprint density at radius 2 is 1.61 bits per heavy atom. The predicted molar refractivity (Wildman–Crippen MR) is 94.4 cm³/mol. The van der Waals surface area contributed by atoms with Crippen LogP contribution in [0.1, 0.15) is 56.8 Å². The van der Waals surface area contributed by atoms with Crippen LogP contribution < -0.4 is 0 Å². The number of allylic oxidation sites excluding steroid dienone is 1. The summed E-state index contributed by atoms with van der Waals surface area (Å²) in [6, 6.07) is 9.05. The van der Waals surface area contributed by atoms with Crippen molar-refractivity contribution in [3.8, 4) is 0 Å². The molecule has 0 saturated carbocycles.